The molecule has 5 N–H and O–H groups in total. The molecule has 9 heteroatoms. The molecule has 0 aliphatic heterocycles. The minimum absolute atomic E-state index is 0.0408. The monoisotopic (exact) mass is 483 g/mol. The molecule has 0 aliphatic carbocycles. The van der Waals surface area contributed by atoms with Gasteiger partial charge in [-0.25, -0.2) is 0 Å². The Kier molecular flexibility index (Phi) is 9.30. The molecule has 3 rings (SSSR count). The molecule has 0 fully saturated rings. The molecular formula is C25H29N3O5S. The first-order chi connectivity index (χ1) is 16.5. The molecule has 1 unspecified atom stereocenters. The van der Waals surface area contributed by atoms with Crippen molar-refractivity contribution < 1.29 is 24.1 Å². The topological polar surface area (TPSA) is 122 Å². The molecule has 0 bridgehead atoms. The number of ether oxygens (including phenoxy) is 4. The third-order valence-electron chi connectivity index (χ3n) is 4.76. The summed E-state index contributed by atoms with van der Waals surface area (Å²) < 4.78 is 22.2. The van der Waals surface area contributed by atoms with Gasteiger partial charge in [0.1, 0.15) is 18.1 Å². The summed E-state index contributed by atoms with van der Waals surface area (Å²) >= 11 is 1.48. The lowest BCUT2D eigenvalue weighted by atomic mass is 10.1. The lowest BCUT2D eigenvalue weighted by Crippen LogP contribution is -2.09. The maximum atomic E-state index is 8.89. The average molecular weight is 484 g/mol. The quantitative estimate of drug-likeness (QED) is 0.199. The molecule has 0 saturated carbocycles. The van der Waals surface area contributed by atoms with E-state index in [1.165, 1.54) is 11.8 Å². The summed E-state index contributed by atoms with van der Waals surface area (Å²) in [5, 5.41) is 8.89. The normalized spacial score (nSPS) is 11.9. The lowest BCUT2D eigenvalue weighted by Gasteiger charge is -2.16. The van der Waals surface area contributed by atoms with Crippen molar-refractivity contribution in [2.24, 2.45) is 4.99 Å². The molecule has 0 aromatic heterocycles. The molecule has 34 heavy (non-hydrogen) atoms. The molecule has 180 valence electrons. The van der Waals surface area contributed by atoms with Crippen LogP contribution < -0.4 is 30.4 Å². The van der Waals surface area contributed by atoms with Crippen molar-refractivity contribution in [3.8, 4) is 23.0 Å². The third-order valence-corrected chi connectivity index (χ3v) is 5.71. The van der Waals surface area contributed by atoms with E-state index in [0.29, 0.717) is 40.2 Å². The van der Waals surface area contributed by atoms with E-state index in [-0.39, 0.29) is 13.2 Å². The van der Waals surface area contributed by atoms with E-state index >= 15 is 0 Å². The third kappa shape index (κ3) is 6.97. The maximum absolute atomic E-state index is 8.89. The number of thioether (sulfide) groups is 1. The van der Waals surface area contributed by atoms with E-state index < -0.39 is 6.10 Å². The van der Waals surface area contributed by atoms with Crippen molar-refractivity contribution in [3.63, 3.8) is 0 Å². The maximum Gasteiger partial charge on any atom is 0.162 e. The fourth-order valence-corrected chi connectivity index (χ4v) is 3.76. The second-order valence-corrected chi connectivity index (χ2v) is 8.09. The minimum atomic E-state index is -0.423. The van der Waals surface area contributed by atoms with E-state index in [9.17, 15) is 0 Å². The molecule has 0 saturated heterocycles. The van der Waals surface area contributed by atoms with Gasteiger partial charge in [0.15, 0.2) is 17.6 Å². The van der Waals surface area contributed by atoms with Gasteiger partial charge in [0.2, 0.25) is 0 Å². The number of methoxy groups -OCH3 is 2. The molecule has 3 aromatic rings. The zero-order valence-electron chi connectivity index (χ0n) is 19.1. The fraction of sp³-hybridized carbons (Fsp3) is 0.240. The van der Waals surface area contributed by atoms with Crippen molar-refractivity contribution >= 4 is 29.4 Å². The average Bonchev–Trinajstić information content (AvgIpc) is 2.86. The number of hydrogen-bond donors (Lipinski definition) is 3. The zero-order chi connectivity index (χ0) is 24.3. The van der Waals surface area contributed by atoms with Crippen LogP contribution in [0.3, 0.4) is 0 Å². The van der Waals surface area contributed by atoms with E-state index in [1.54, 1.807) is 38.6 Å². The molecule has 1 atom stereocenters. The van der Waals surface area contributed by atoms with Crippen molar-refractivity contribution in [2.45, 2.75) is 11.0 Å². The van der Waals surface area contributed by atoms with Crippen molar-refractivity contribution in [2.75, 3.05) is 44.8 Å². The van der Waals surface area contributed by atoms with E-state index in [1.807, 2.05) is 42.5 Å². The van der Waals surface area contributed by atoms with Crippen LogP contribution in [0.5, 0.6) is 23.0 Å². The van der Waals surface area contributed by atoms with Gasteiger partial charge in [-0.05, 0) is 48.0 Å². The van der Waals surface area contributed by atoms with Crippen LogP contribution in [0.2, 0.25) is 0 Å². The Hall–Kier alpha value is -3.56. The van der Waals surface area contributed by atoms with Crippen LogP contribution in [0.1, 0.15) is 11.7 Å². The summed E-state index contributed by atoms with van der Waals surface area (Å²) in [6.07, 6.45) is 1.33. The number of nitrogens with zero attached hydrogens (tertiary/aromatic N) is 1. The summed E-state index contributed by atoms with van der Waals surface area (Å²) in [5.41, 5.74) is 14.2. The summed E-state index contributed by atoms with van der Waals surface area (Å²) in [7, 11) is 3.15. The molecular weight excluding hydrogens is 454 g/mol. The van der Waals surface area contributed by atoms with Crippen LogP contribution in [0, 0.1) is 0 Å². The van der Waals surface area contributed by atoms with Gasteiger partial charge in [0.25, 0.3) is 0 Å². The highest BCUT2D eigenvalue weighted by molar-refractivity contribution is 7.99. The first-order valence-corrected chi connectivity index (χ1v) is 11.5. The van der Waals surface area contributed by atoms with Gasteiger partial charge >= 0.3 is 0 Å². The second-order valence-electron chi connectivity index (χ2n) is 7.10. The number of rotatable bonds is 12. The lowest BCUT2D eigenvalue weighted by molar-refractivity contribution is 0.201. The molecule has 8 nitrogen and oxygen atoms in total. The highest BCUT2D eigenvalue weighted by atomic mass is 32.2. The second kappa shape index (κ2) is 12.6. The standard InChI is InChI=1S/C25H29N3O5S/c1-30-22-13-21(27)25(14-23(22)31-2)34-16-28-15-24(17-3-5-18(26)6-4-17)33-20-9-7-19(8-10-20)32-12-11-29/h3-10,13-15,24,29H,11-12,16,26-27H2,1-2H3/b28-15+. The van der Waals surface area contributed by atoms with E-state index in [0.717, 1.165) is 10.5 Å². The van der Waals surface area contributed by atoms with E-state index in [2.05, 4.69) is 4.99 Å². The van der Waals surface area contributed by atoms with Gasteiger partial charge in [-0.1, -0.05) is 12.1 Å². The van der Waals surface area contributed by atoms with Gasteiger partial charge in [0.05, 0.1) is 26.7 Å². The Labute approximate surface area is 203 Å². The number of aliphatic hydroxyl groups excluding tert-OH is 1. The number of nitrogens with two attached hydrogens (primary N) is 2. The highest BCUT2D eigenvalue weighted by Gasteiger charge is 2.12. The number of benzene rings is 3. The van der Waals surface area contributed by atoms with Crippen LogP contribution in [-0.4, -0.2) is 44.6 Å². The number of hydrogen-bond acceptors (Lipinski definition) is 9. The Morgan fingerprint density at radius 2 is 1.59 bits per heavy atom. The Bertz CT molecular complexity index is 1080. The minimum Gasteiger partial charge on any atom is -0.493 e. The SMILES string of the molecule is COc1cc(N)c(SC/N=C/C(Oc2ccc(OCCO)cc2)c2ccc(N)cc2)cc1OC. The van der Waals surface area contributed by atoms with Gasteiger partial charge in [-0.3, -0.25) is 4.99 Å². The smallest absolute Gasteiger partial charge is 0.162 e. The van der Waals surface area contributed by atoms with Crippen molar-refractivity contribution in [1.29, 1.82) is 0 Å². The summed E-state index contributed by atoms with van der Waals surface area (Å²) in [5.74, 6) is 2.93. The number of anilines is 2. The first-order valence-electron chi connectivity index (χ1n) is 10.5. The Balaban J connectivity index is 1.71. The van der Waals surface area contributed by atoms with Crippen LogP contribution >= 0.6 is 11.8 Å². The van der Waals surface area contributed by atoms with Crippen LogP contribution in [0.25, 0.3) is 0 Å². The zero-order valence-corrected chi connectivity index (χ0v) is 20.0. The number of aliphatic hydroxyl groups is 1. The highest BCUT2D eigenvalue weighted by Crippen LogP contribution is 2.37. The molecule has 3 aromatic carbocycles. The van der Waals surface area contributed by atoms with Gasteiger partial charge in [0, 0.05) is 28.6 Å². The number of aliphatic imine (C=N–C) groups is 1. The van der Waals surface area contributed by atoms with Gasteiger partial charge in [-0.15, -0.1) is 11.8 Å². The van der Waals surface area contributed by atoms with Crippen LogP contribution in [0.4, 0.5) is 11.4 Å². The van der Waals surface area contributed by atoms with Gasteiger partial charge < -0.3 is 35.5 Å². The fourth-order valence-electron chi connectivity index (χ4n) is 3.04. The molecule has 0 radical (unpaired) electrons. The molecule has 0 aliphatic rings. The van der Waals surface area contributed by atoms with E-state index in [4.69, 9.17) is 35.5 Å². The van der Waals surface area contributed by atoms with Gasteiger partial charge in [-0.2, -0.15) is 0 Å². The molecule has 0 spiro atoms. The molecule has 0 heterocycles. The van der Waals surface area contributed by atoms with Crippen molar-refractivity contribution in [3.05, 3.63) is 66.2 Å². The predicted molar refractivity (Wildman–Crippen MR) is 136 cm³/mol. The first kappa shape index (κ1) is 25.1. The van der Waals surface area contributed by atoms with Crippen LogP contribution in [0.15, 0.2) is 70.6 Å². The summed E-state index contributed by atoms with van der Waals surface area (Å²) in [6.45, 7) is 0.198. The predicted octanol–water partition coefficient (Wildman–Crippen LogP) is 4.18. The summed E-state index contributed by atoms with van der Waals surface area (Å²) in [4.78, 5) is 5.41. The largest absolute Gasteiger partial charge is 0.493 e. The summed E-state index contributed by atoms with van der Waals surface area (Å²) in [6, 6.07) is 18.2. The van der Waals surface area contributed by atoms with Crippen LogP contribution in [-0.2, 0) is 0 Å². The van der Waals surface area contributed by atoms with Crippen molar-refractivity contribution in [1.82, 2.24) is 0 Å². The molecule has 0 amide bonds. The Morgan fingerprint density at radius 1 is 0.941 bits per heavy atom. The Morgan fingerprint density at radius 3 is 2.24 bits per heavy atom. The number of nitrogen functional groups attached to an aromatic ring is 2.